The highest BCUT2D eigenvalue weighted by molar-refractivity contribution is 6.05. The first-order valence-corrected chi connectivity index (χ1v) is 9.16. The Hall–Kier alpha value is -2.99. The Balaban J connectivity index is 1.44. The number of hydrogen-bond donors (Lipinski definition) is 2. The van der Waals surface area contributed by atoms with Crippen LogP contribution in [-0.4, -0.2) is 15.5 Å². The SMILES string of the molecule is O=C(Nc1ccc2c(c1)CNC2)c1cc(F)cc(-c2cnc3n2CCC3)c1. The molecule has 1 aromatic heterocycles. The second-order valence-electron chi connectivity index (χ2n) is 7.08. The number of aryl methyl sites for hydroxylation is 1. The molecule has 2 aliphatic rings. The van der Waals surface area contributed by atoms with Crippen LogP contribution in [0.1, 0.15) is 33.7 Å². The van der Waals surface area contributed by atoms with Crippen LogP contribution in [0.2, 0.25) is 0 Å². The molecule has 0 aliphatic carbocycles. The fraction of sp³-hybridized carbons (Fsp3) is 0.238. The summed E-state index contributed by atoms with van der Waals surface area (Å²) in [7, 11) is 0. The van der Waals surface area contributed by atoms with Crippen LogP contribution in [0.4, 0.5) is 10.1 Å². The first-order valence-electron chi connectivity index (χ1n) is 9.16. The monoisotopic (exact) mass is 362 g/mol. The summed E-state index contributed by atoms with van der Waals surface area (Å²) in [6.45, 7) is 2.54. The molecule has 3 aromatic rings. The van der Waals surface area contributed by atoms with Crippen LogP contribution in [0.15, 0.2) is 42.6 Å². The van der Waals surface area contributed by atoms with Gasteiger partial charge in [-0.25, -0.2) is 9.37 Å². The zero-order valence-corrected chi connectivity index (χ0v) is 14.8. The van der Waals surface area contributed by atoms with Crippen molar-refractivity contribution in [3.63, 3.8) is 0 Å². The maximum atomic E-state index is 14.2. The fourth-order valence-corrected chi connectivity index (χ4v) is 3.93. The highest BCUT2D eigenvalue weighted by Gasteiger charge is 2.19. The summed E-state index contributed by atoms with van der Waals surface area (Å²) in [5, 5.41) is 6.16. The van der Waals surface area contributed by atoms with E-state index in [2.05, 4.69) is 20.2 Å². The molecule has 2 N–H and O–H groups in total. The minimum absolute atomic E-state index is 0.303. The molecule has 0 fully saturated rings. The number of fused-ring (bicyclic) bond motifs is 2. The molecule has 3 heterocycles. The number of carbonyl (C=O) groups is 1. The summed E-state index contributed by atoms with van der Waals surface area (Å²) in [6, 6.07) is 10.3. The van der Waals surface area contributed by atoms with Crippen LogP contribution in [0.5, 0.6) is 0 Å². The molecular formula is C21H19FN4O. The van der Waals surface area contributed by atoms with Gasteiger partial charge in [0.1, 0.15) is 11.6 Å². The van der Waals surface area contributed by atoms with Crippen LogP contribution in [-0.2, 0) is 26.1 Å². The molecule has 1 amide bonds. The van der Waals surface area contributed by atoms with Gasteiger partial charge < -0.3 is 15.2 Å². The van der Waals surface area contributed by atoms with E-state index >= 15 is 0 Å². The van der Waals surface area contributed by atoms with Crippen molar-refractivity contribution in [1.82, 2.24) is 14.9 Å². The van der Waals surface area contributed by atoms with Crippen molar-refractivity contribution in [3.05, 3.63) is 70.9 Å². The van der Waals surface area contributed by atoms with Crippen LogP contribution in [0, 0.1) is 5.82 Å². The average Bonchev–Trinajstić information content (AvgIpc) is 3.37. The molecule has 27 heavy (non-hydrogen) atoms. The van der Waals surface area contributed by atoms with Crippen LogP contribution < -0.4 is 10.6 Å². The summed E-state index contributed by atoms with van der Waals surface area (Å²) in [5.74, 6) is 0.277. The molecular weight excluding hydrogens is 343 g/mol. The third-order valence-electron chi connectivity index (χ3n) is 5.27. The Morgan fingerprint density at radius 2 is 2.04 bits per heavy atom. The van der Waals surface area contributed by atoms with Crippen molar-refractivity contribution >= 4 is 11.6 Å². The number of imidazole rings is 1. The summed E-state index contributed by atoms with van der Waals surface area (Å²) >= 11 is 0. The van der Waals surface area contributed by atoms with Crippen molar-refractivity contribution in [2.75, 3.05) is 5.32 Å². The second-order valence-corrected chi connectivity index (χ2v) is 7.08. The minimum atomic E-state index is -0.427. The Kier molecular flexibility index (Phi) is 3.79. The predicted molar refractivity (Wildman–Crippen MR) is 101 cm³/mol. The summed E-state index contributed by atoms with van der Waals surface area (Å²) in [6.07, 6.45) is 3.75. The van der Waals surface area contributed by atoms with E-state index in [1.165, 1.54) is 23.3 Å². The molecule has 5 rings (SSSR count). The van der Waals surface area contributed by atoms with Crippen molar-refractivity contribution in [2.45, 2.75) is 32.5 Å². The Morgan fingerprint density at radius 3 is 2.96 bits per heavy atom. The first-order chi connectivity index (χ1) is 13.2. The van der Waals surface area contributed by atoms with Crippen LogP contribution in [0.25, 0.3) is 11.3 Å². The lowest BCUT2D eigenvalue weighted by Crippen LogP contribution is -2.13. The number of anilines is 1. The molecule has 0 bridgehead atoms. The molecule has 6 heteroatoms. The van der Waals surface area contributed by atoms with Crippen LogP contribution in [0.3, 0.4) is 0 Å². The largest absolute Gasteiger partial charge is 0.328 e. The lowest BCUT2D eigenvalue weighted by Gasteiger charge is -2.10. The Bertz CT molecular complexity index is 1060. The number of aromatic nitrogens is 2. The molecule has 0 spiro atoms. The molecule has 2 aromatic carbocycles. The molecule has 2 aliphatic heterocycles. The van der Waals surface area contributed by atoms with E-state index in [1.807, 2.05) is 18.2 Å². The predicted octanol–water partition coefficient (Wildman–Crippen LogP) is 3.49. The van der Waals surface area contributed by atoms with Gasteiger partial charge in [0, 0.05) is 42.9 Å². The van der Waals surface area contributed by atoms with Gasteiger partial charge in [-0.2, -0.15) is 0 Å². The van der Waals surface area contributed by atoms with Crippen molar-refractivity contribution in [3.8, 4) is 11.3 Å². The highest BCUT2D eigenvalue weighted by Crippen LogP contribution is 2.27. The van der Waals surface area contributed by atoms with E-state index in [0.29, 0.717) is 11.1 Å². The Morgan fingerprint density at radius 1 is 1.15 bits per heavy atom. The lowest BCUT2D eigenvalue weighted by molar-refractivity contribution is 0.102. The van der Waals surface area contributed by atoms with Crippen molar-refractivity contribution in [2.24, 2.45) is 0 Å². The van der Waals surface area contributed by atoms with E-state index < -0.39 is 5.82 Å². The van der Waals surface area contributed by atoms with E-state index in [4.69, 9.17) is 0 Å². The number of nitrogens with zero attached hydrogens (tertiary/aromatic N) is 2. The molecule has 136 valence electrons. The second kappa shape index (κ2) is 6.32. The van der Waals surface area contributed by atoms with E-state index in [9.17, 15) is 9.18 Å². The number of benzene rings is 2. The van der Waals surface area contributed by atoms with Gasteiger partial charge in [-0.15, -0.1) is 0 Å². The van der Waals surface area contributed by atoms with E-state index in [0.717, 1.165) is 49.7 Å². The zero-order chi connectivity index (χ0) is 18.4. The van der Waals surface area contributed by atoms with Gasteiger partial charge >= 0.3 is 0 Å². The number of halogens is 1. The molecule has 0 saturated carbocycles. The van der Waals surface area contributed by atoms with E-state index in [-0.39, 0.29) is 5.91 Å². The highest BCUT2D eigenvalue weighted by atomic mass is 19.1. The van der Waals surface area contributed by atoms with Crippen LogP contribution >= 0.6 is 0 Å². The first kappa shape index (κ1) is 16.2. The third kappa shape index (κ3) is 2.92. The summed E-state index contributed by atoms with van der Waals surface area (Å²) < 4.78 is 16.3. The molecule has 5 nitrogen and oxygen atoms in total. The fourth-order valence-electron chi connectivity index (χ4n) is 3.93. The molecule has 0 unspecified atom stereocenters. The summed E-state index contributed by atoms with van der Waals surface area (Å²) in [5.41, 5.74) is 4.99. The van der Waals surface area contributed by atoms with Gasteiger partial charge in [0.2, 0.25) is 0 Å². The van der Waals surface area contributed by atoms with Crippen molar-refractivity contribution < 1.29 is 9.18 Å². The molecule has 0 atom stereocenters. The molecule has 0 radical (unpaired) electrons. The maximum absolute atomic E-state index is 14.2. The minimum Gasteiger partial charge on any atom is -0.328 e. The number of rotatable bonds is 3. The topological polar surface area (TPSA) is 59.0 Å². The molecule has 0 saturated heterocycles. The number of amides is 1. The Labute approximate surface area is 156 Å². The average molecular weight is 362 g/mol. The normalized spacial score (nSPS) is 14.9. The van der Waals surface area contributed by atoms with Gasteiger partial charge in [-0.3, -0.25) is 4.79 Å². The number of nitrogens with one attached hydrogen (secondary N) is 2. The van der Waals surface area contributed by atoms with Gasteiger partial charge in [0.05, 0.1) is 11.9 Å². The standard InChI is InChI=1S/C21H19FN4O/c22-17-7-14(19-12-24-20-2-1-5-26(19)20)6-15(8-17)21(27)25-18-4-3-13-10-23-11-16(13)9-18/h3-4,6-9,12,23H,1-2,5,10-11H2,(H,25,27). The third-order valence-corrected chi connectivity index (χ3v) is 5.27. The van der Waals surface area contributed by atoms with E-state index in [1.54, 1.807) is 12.3 Å². The number of carbonyl (C=O) groups excluding carboxylic acids is 1. The maximum Gasteiger partial charge on any atom is 0.255 e. The van der Waals surface area contributed by atoms with Gasteiger partial charge in [0.15, 0.2) is 0 Å². The number of hydrogen-bond acceptors (Lipinski definition) is 3. The lowest BCUT2D eigenvalue weighted by atomic mass is 10.1. The smallest absolute Gasteiger partial charge is 0.255 e. The quantitative estimate of drug-likeness (QED) is 0.750. The summed E-state index contributed by atoms with van der Waals surface area (Å²) in [4.78, 5) is 17.1. The van der Waals surface area contributed by atoms with Gasteiger partial charge in [-0.1, -0.05) is 6.07 Å². The van der Waals surface area contributed by atoms with Gasteiger partial charge in [0.25, 0.3) is 5.91 Å². The van der Waals surface area contributed by atoms with Gasteiger partial charge in [-0.05, 0) is 47.9 Å². The zero-order valence-electron chi connectivity index (χ0n) is 14.8. The van der Waals surface area contributed by atoms with Crippen molar-refractivity contribution in [1.29, 1.82) is 0 Å².